The summed E-state index contributed by atoms with van der Waals surface area (Å²) in [7, 11) is 0. The molecular formula is C20H26O3. The van der Waals surface area contributed by atoms with Crippen LogP contribution >= 0.6 is 0 Å². The minimum Gasteiger partial charge on any atom is -0.508 e. The topological polar surface area (TPSA) is 54.4 Å². The van der Waals surface area contributed by atoms with Gasteiger partial charge >= 0.3 is 0 Å². The molecule has 0 aliphatic heterocycles. The molecule has 3 heteroatoms. The third-order valence-corrected chi connectivity index (χ3v) is 6.07. The van der Waals surface area contributed by atoms with Crippen molar-refractivity contribution in [2.75, 3.05) is 0 Å². The SMILES string of the molecule is CC(C)c1cc2c(cc1O)C1(C)CCCC(C)(C)[C@@H]1C(=O)C2=O. The fourth-order valence-electron chi connectivity index (χ4n) is 4.99. The predicted molar refractivity (Wildman–Crippen MR) is 90.0 cm³/mol. The summed E-state index contributed by atoms with van der Waals surface area (Å²) in [5.74, 6) is -0.571. The number of phenolic OH excluding ortho intramolecular Hbond substituents is 1. The summed E-state index contributed by atoms with van der Waals surface area (Å²) in [6.07, 6.45) is 2.87. The number of phenols is 1. The fourth-order valence-corrected chi connectivity index (χ4v) is 4.99. The Morgan fingerprint density at radius 1 is 1.13 bits per heavy atom. The second-order valence-electron chi connectivity index (χ2n) is 8.50. The third-order valence-electron chi connectivity index (χ3n) is 6.07. The summed E-state index contributed by atoms with van der Waals surface area (Å²) in [6, 6.07) is 3.50. The van der Waals surface area contributed by atoms with Crippen LogP contribution in [0, 0.1) is 11.3 Å². The van der Waals surface area contributed by atoms with Crippen molar-refractivity contribution in [3.8, 4) is 5.75 Å². The van der Waals surface area contributed by atoms with Crippen LogP contribution in [0.25, 0.3) is 0 Å². The number of aromatic hydroxyl groups is 1. The van der Waals surface area contributed by atoms with Crippen molar-refractivity contribution in [1.29, 1.82) is 0 Å². The molecule has 1 saturated carbocycles. The first-order chi connectivity index (χ1) is 10.6. The molecule has 124 valence electrons. The zero-order valence-corrected chi connectivity index (χ0v) is 14.7. The average Bonchev–Trinajstić information content (AvgIpc) is 2.43. The van der Waals surface area contributed by atoms with Gasteiger partial charge in [0.25, 0.3) is 0 Å². The summed E-state index contributed by atoms with van der Waals surface area (Å²) in [5.41, 5.74) is 1.55. The molecule has 2 atom stereocenters. The van der Waals surface area contributed by atoms with Crippen molar-refractivity contribution >= 4 is 11.6 Å². The molecule has 1 aromatic carbocycles. The average molecular weight is 314 g/mol. The number of fused-ring (bicyclic) bond motifs is 3. The maximum Gasteiger partial charge on any atom is 0.229 e. The monoisotopic (exact) mass is 314 g/mol. The summed E-state index contributed by atoms with van der Waals surface area (Å²) in [5, 5.41) is 10.4. The molecule has 23 heavy (non-hydrogen) atoms. The highest BCUT2D eigenvalue weighted by atomic mass is 16.3. The van der Waals surface area contributed by atoms with E-state index in [1.807, 2.05) is 13.8 Å². The van der Waals surface area contributed by atoms with Crippen LogP contribution in [0.1, 0.15) is 81.3 Å². The van der Waals surface area contributed by atoms with Gasteiger partial charge in [-0.1, -0.05) is 41.0 Å². The smallest absolute Gasteiger partial charge is 0.229 e. The Bertz CT molecular complexity index is 699. The molecular weight excluding hydrogens is 288 g/mol. The molecule has 2 aliphatic carbocycles. The number of carbonyl (C=O) groups is 2. The van der Waals surface area contributed by atoms with Gasteiger partial charge in [-0.15, -0.1) is 0 Å². The van der Waals surface area contributed by atoms with Gasteiger partial charge in [0.05, 0.1) is 0 Å². The number of ketones is 2. The van der Waals surface area contributed by atoms with E-state index in [1.165, 1.54) is 0 Å². The minimum absolute atomic E-state index is 0.108. The number of hydrogen-bond acceptors (Lipinski definition) is 3. The van der Waals surface area contributed by atoms with Crippen molar-refractivity contribution in [2.45, 2.75) is 65.2 Å². The molecule has 0 saturated heterocycles. The number of hydrogen-bond donors (Lipinski definition) is 1. The molecule has 3 nitrogen and oxygen atoms in total. The van der Waals surface area contributed by atoms with Gasteiger partial charge in [0.15, 0.2) is 0 Å². The molecule has 1 N–H and O–H groups in total. The van der Waals surface area contributed by atoms with E-state index in [9.17, 15) is 14.7 Å². The lowest BCUT2D eigenvalue weighted by molar-refractivity contribution is -0.128. The Morgan fingerprint density at radius 3 is 2.39 bits per heavy atom. The molecule has 0 amide bonds. The Balaban J connectivity index is 2.28. The van der Waals surface area contributed by atoms with Crippen molar-refractivity contribution in [2.24, 2.45) is 11.3 Å². The summed E-state index contributed by atoms with van der Waals surface area (Å²) in [6.45, 7) is 10.2. The molecule has 2 aliphatic rings. The standard InChI is InChI=1S/C20H26O3/c1-11(2)12-9-13-14(10-15(12)21)20(5)8-6-7-19(3,4)18(20)17(23)16(13)22/h9-11,18,21H,6-8H2,1-5H3/t18-,20?/m0/s1. The first-order valence-electron chi connectivity index (χ1n) is 8.55. The first-order valence-corrected chi connectivity index (χ1v) is 8.55. The normalized spacial score (nSPS) is 29.4. The maximum atomic E-state index is 12.9. The highest BCUT2D eigenvalue weighted by Crippen LogP contribution is 2.56. The molecule has 3 rings (SSSR count). The van der Waals surface area contributed by atoms with Crippen molar-refractivity contribution in [3.05, 3.63) is 28.8 Å². The van der Waals surface area contributed by atoms with Gasteiger partial charge in [-0.05, 0) is 47.4 Å². The van der Waals surface area contributed by atoms with E-state index in [1.54, 1.807) is 12.1 Å². The zero-order chi connectivity index (χ0) is 17.2. The largest absolute Gasteiger partial charge is 0.508 e. The first kappa shape index (κ1) is 16.2. The quantitative estimate of drug-likeness (QED) is 0.783. The molecule has 0 bridgehead atoms. The molecule has 1 aromatic rings. The van der Waals surface area contributed by atoms with Crippen LogP contribution in [0.2, 0.25) is 0 Å². The second kappa shape index (κ2) is 4.93. The minimum atomic E-state index is -0.376. The van der Waals surface area contributed by atoms with Crippen LogP contribution in [-0.4, -0.2) is 16.7 Å². The van der Waals surface area contributed by atoms with Crippen molar-refractivity contribution in [1.82, 2.24) is 0 Å². The van der Waals surface area contributed by atoms with E-state index in [4.69, 9.17) is 0 Å². The molecule has 0 heterocycles. The van der Waals surface area contributed by atoms with E-state index in [0.717, 1.165) is 30.4 Å². The van der Waals surface area contributed by atoms with Gasteiger partial charge in [-0.25, -0.2) is 0 Å². The molecule has 0 aromatic heterocycles. The Labute approximate surface area is 138 Å². The Hall–Kier alpha value is -1.64. The number of benzene rings is 1. The van der Waals surface area contributed by atoms with Crippen molar-refractivity contribution in [3.63, 3.8) is 0 Å². The summed E-state index contributed by atoms with van der Waals surface area (Å²) < 4.78 is 0. The van der Waals surface area contributed by atoms with Crippen LogP contribution in [0.15, 0.2) is 12.1 Å². The number of rotatable bonds is 1. The lowest BCUT2D eigenvalue weighted by Gasteiger charge is -2.52. The maximum absolute atomic E-state index is 12.9. The third kappa shape index (κ3) is 2.16. The summed E-state index contributed by atoms with van der Waals surface area (Å²) in [4.78, 5) is 25.7. The van der Waals surface area contributed by atoms with Gasteiger partial charge in [0.2, 0.25) is 11.6 Å². The van der Waals surface area contributed by atoms with Crippen LogP contribution in [-0.2, 0) is 10.2 Å². The Kier molecular flexibility index (Phi) is 3.48. The van der Waals surface area contributed by atoms with Gasteiger partial charge in [-0.2, -0.15) is 0 Å². The molecule has 1 unspecified atom stereocenters. The van der Waals surface area contributed by atoms with Gasteiger partial charge in [0, 0.05) is 16.9 Å². The number of Topliss-reactive ketones (excluding diaryl/α,β-unsaturated/α-hetero) is 2. The zero-order valence-electron chi connectivity index (χ0n) is 14.7. The van der Waals surface area contributed by atoms with E-state index < -0.39 is 0 Å². The Morgan fingerprint density at radius 2 is 1.78 bits per heavy atom. The van der Waals surface area contributed by atoms with Gasteiger partial charge < -0.3 is 5.11 Å². The van der Waals surface area contributed by atoms with E-state index in [-0.39, 0.29) is 40.0 Å². The predicted octanol–water partition coefficient (Wildman–Crippen LogP) is 4.37. The fraction of sp³-hybridized carbons (Fsp3) is 0.600. The van der Waals surface area contributed by atoms with Gasteiger partial charge in [0.1, 0.15) is 5.75 Å². The number of carbonyl (C=O) groups excluding carboxylic acids is 2. The van der Waals surface area contributed by atoms with E-state index >= 15 is 0 Å². The van der Waals surface area contributed by atoms with E-state index in [2.05, 4.69) is 20.8 Å². The van der Waals surface area contributed by atoms with Gasteiger partial charge in [-0.3, -0.25) is 9.59 Å². The molecule has 0 spiro atoms. The van der Waals surface area contributed by atoms with Crippen LogP contribution in [0.5, 0.6) is 5.75 Å². The summed E-state index contributed by atoms with van der Waals surface area (Å²) >= 11 is 0. The van der Waals surface area contributed by atoms with Crippen LogP contribution in [0.3, 0.4) is 0 Å². The van der Waals surface area contributed by atoms with Crippen LogP contribution < -0.4 is 0 Å². The second-order valence-corrected chi connectivity index (χ2v) is 8.50. The molecule has 1 fully saturated rings. The highest BCUT2D eigenvalue weighted by molar-refractivity contribution is 6.46. The lowest BCUT2D eigenvalue weighted by Crippen LogP contribution is -2.54. The molecule has 0 radical (unpaired) electrons. The van der Waals surface area contributed by atoms with Crippen LogP contribution in [0.4, 0.5) is 0 Å². The lowest BCUT2D eigenvalue weighted by atomic mass is 9.49. The van der Waals surface area contributed by atoms with E-state index in [0.29, 0.717) is 5.56 Å². The highest BCUT2D eigenvalue weighted by Gasteiger charge is 2.56. The van der Waals surface area contributed by atoms with Crippen molar-refractivity contribution < 1.29 is 14.7 Å².